The molecule has 0 unspecified atom stereocenters. The highest BCUT2D eigenvalue weighted by molar-refractivity contribution is 5.75. The molecule has 2 aromatic rings. The van der Waals surface area contributed by atoms with Crippen molar-refractivity contribution >= 4 is 6.29 Å². The monoisotopic (exact) mass is 279 g/mol. The number of rotatable bonds is 4. The normalized spacial score (nSPS) is 11.3. The van der Waals surface area contributed by atoms with Gasteiger partial charge in [0.2, 0.25) is 6.29 Å². The van der Waals surface area contributed by atoms with E-state index in [2.05, 4.69) is 11.8 Å². The number of aliphatic hydroxyl groups excluding tert-OH is 2. The fourth-order valence-electron chi connectivity index (χ4n) is 1.84. The van der Waals surface area contributed by atoms with E-state index in [9.17, 15) is 9.90 Å². The number of hydrogen-bond donors (Lipinski definition) is 2. The Kier molecular flexibility index (Phi) is 5.28. The van der Waals surface area contributed by atoms with Crippen molar-refractivity contribution < 1.29 is 15.0 Å². The van der Waals surface area contributed by atoms with Gasteiger partial charge in [0.05, 0.1) is 6.10 Å². The van der Waals surface area contributed by atoms with Gasteiger partial charge in [-0.1, -0.05) is 24.0 Å². The molecule has 0 bridgehead atoms. The first-order valence-corrected chi connectivity index (χ1v) is 6.62. The fourth-order valence-corrected chi connectivity index (χ4v) is 1.84. The fraction of sp³-hybridized carbons (Fsp3) is 0.167. The predicted octanol–water partition coefficient (Wildman–Crippen LogP) is 1.96. The topological polar surface area (TPSA) is 57.5 Å². The van der Waals surface area contributed by atoms with Crippen LogP contribution in [0.5, 0.6) is 0 Å². The van der Waals surface area contributed by atoms with Gasteiger partial charge >= 0.3 is 0 Å². The van der Waals surface area contributed by atoms with Gasteiger partial charge in [-0.2, -0.15) is 0 Å². The van der Waals surface area contributed by atoms with E-state index >= 15 is 0 Å². The van der Waals surface area contributed by atoms with Crippen LogP contribution in [0.15, 0.2) is 48.5 Å². The minimum atomic E-state index is -0.649. The van der Waals surface area contributed by atoms with Crippen LogP contribution in [-0.4, -0.2) is 23.1 Å². The zero-order chi connectivity index (χ0) is 15.1. The third kappa shape index (κ3) is 4.28. The van der Waals surface area contributed by atoms with Crippen LogP contribution in [0.4, 0.5) is 0 Å². The third-order valence-corrected chi connectivity index (χ3v) is 3.05. The molecule has 21 heavy (non-hydrogen) atoms. The van der Waals surface area contributed by atoms with E-state index in [1.54, 1.807) is 36.4 Å². The van der Waals surface area contributed by atoms with Crippen LogP contribution in [0.25, 0.3) is 0 Å². The van der Waals surface area contributed by atoms with Crippen molar-refractivity contribution in [2.24, 2.45) is 0 Å². The molecule has 0 aliphatic carbocycles. The highest BCUT2D eigenvalue weighted by atomic mass is 16.3. The summed E-state index contributed by atoms with van der Waals surface area (Å²) in [5.41, 5.74) is 2.92. The van der Waals surface area contributed by atoms with Crippen molar-refractivity contribution in [2.45, 2.75) is 12.5 Å². The van der Waals surface area contributed by atoms with Gasteiger partial charge in [-0.25, -0.2) is 0 Å². The Morgan fingerprint density at radius 1 is 0.857 bits per heavy atom. The van der Waals surface area contributed by atoms with Crippen LogP contribution in [-0.2, 0) is 4.79 Å². The Bertz CT molecular complexity index is 646. The second-order valence-corrected chi connectivity index (χ2v) is 4.58. The van der Waals surface area contributed by atoms with Crippen LogP contribution in [0.2, 0.25) is 0 Å². The Hall–Kier alpha value is -2.41. The molecule has 0 saturated heterocycles. The Morgan fingerprint density at radius 2 is 1.33 bits per heavy atom. The van der Waals surface area contributed by atoms with Gasteiger partial charge in [-0.05, 0) is 42.0 Å². The van der Waals surface area contributed by atoms with Gasteiger partial charge in [0.15, 0.2) is 0 Å². The largest absolute Gasteiger partial charge is 0.396 e. The van der Waals surface area contributed by atoms with Crippen LogP contribution >= 0.6 is 0 Å². The predicted molar refractivity (Wildman–Crippen MR) is 80.3 cm³/mol. The summed E-state index contributed by atoms with van der Waals surface area (Å²) in [4.78, 5) is 10.4. The zero-order valence-electron chi connectivity index (χ0n) is 11.4. The highest BCUT2D eigenvalue weighted by Crippen LogP contribution is 2.16. The summed E-state index contributed by atoms with van der Waals surface area (Å²) in [6.07, 6.45) is 1.49. The van der Waals surface area contributed by atoms with Crippen molar-refractivity contribution in [1.29, 1.82) is 0 Å². The average molecular weight is 279 g/mol. The molecule has 3 nitrogen and oxygen atoms in total. The van der Waals surface area contributed by atoms with Crippen LogP contribution in [0.3, 0.4) is 0 Å². The molecule has 0 aromatic heterocycles. The number of benzene rings is 2. The number of carbonyl (C=O) groups excluding carboxylic acids is 1. The highest BCUT2D eigenvalue weighted by Gasteiger charge is 2.05. The van der Waals surface area contributed by atoms with Crippen LogP contribution < -0.4 is 0 Å². The molecule has 0 fully saturated rings. The summed E-state index contributed by atoms with van der Waals surface area (Å²) in [6, 6.07) is 14.1. The van der Waals surface area contributed by atoms with E-state index in [1.165, 1.54) is 0 Å². The lowest BCUT2D eigenvalue weighted by molar-refractivity contribution is 0.134. The summed E-state index contributed by atoms with van der Waals surface area (Å²) in [5.74, 6) is 6.02. The molecule has 0 amide bonds. The van der Waals surface area contributed by atoms with Gasteiger partial charge in [-0.15, -0.1) is 0 Å². The molecule has 2 rings (SSSR count). The molecule has 1 radical (unpaired) electrons. The first kappa shape index (κ1) is 15.0. The Morgan fingerprint density at radius 3 is 1.81 bits per heavy atom. The van der Waals surface area contributed by atoms with Gasteiger partial charge < -0.3 is 10.2 Å². The summed E-state index contributed by atoms with van der Waals surface area (Å²) in [5, 5.41) is 18.5. The summed E-state index contributed by atoms with van der Waals surface area (Å²) in [6.45, 7) is -0.0447. The molecule has 0 aliphatic heterocycles. The van der Waals surface area contributed by atoms with Crippen LogP contribution in [0.1, 0.15) is 34.8 Å². The van der Waals surface area contributed by atoms with Gasteiger partial charge in [0.25, 0.3) is 0 Å². The Balaban J connectivity index is 2.09. The summed E-state index contributed by atoms with van der Waals surface area (Å²) in [7, 11) is 0. The minimum absolute atomic E-state index is 0.0447. The average Bonchev–Trinajstić information content (AvgIpc) is 2.54. The maximum atomic E-state index is 10.4. The van der Waals surface area contributed by atoms with Gasteiger partial charge in [0.1, 0.15) is 0 Å². The smallest absolute Gasteiger partial charge is 0.233 e. The van der Waals surface area contributed by atoms with E-state index in [-0.39, 0.29) is 6.61 Å². The third-order valence-electron chi connectivity index (χ3n) is 3.05. The summed E-state index contributed by atoms with van der Waals surface area (Å²) >= 11 is 0. The second kappa shape index (κ2) is 7.39. The van der Waals surface area contributed by atoms with E-state index in [0.717, 1.165) is 16.7 Å². The first-order valence-electron chi connectivity index (χ1n) is 6.62. The standard InChI is InChI=1S/C18H15O3/c19-12-11-18(21)17-9-7-15(8-10-17)2-1-14-3-5-16(13-20)6-4-14/h3-10,18-19,21H,11-12H2/t18-/m1/s1. The van der Waals surface area contributed by atoms with E-state index in [0.29, 0.717) is 12.0 Å². The lowest BCUT2D eigenvalue weighted by atomic mass is 10.0. The molecule has 0 heterocycles. The van der Waals surface area contributed by atoms with Crippen LogP contribution in [0, 0.1) is 11.8 Å². The first-order chi connectivity index (χ1) is 10.2. The van der Waals surface area contributed by atoms with Gasteiger partial charge in [-0.3, -0.25) is 4.79 Å². The van der Waals surface area contributed by atoms with E-state index in [4.69, 9.17) is 5.11 Å². The number of hydrogen-bond acceptors (Lipinski definition) is 3. The lowest BCUT2D eigenvalue weighted by Gasteiger charge is -2.08. The SMILES string of the molecule is O=[C]c1ccc(C#Cc2ccc([C@H](O)CCO)cc2)cc1. The molecule has 0 aliphatic rings. The Labute approximate surface area is 123 Å². The van der Waals surface area contributed by atoms with Crippen molar-refractivity contribution in [1.82, 2.24) is 0 Å². The lowest BCUT2D eigenvalue weighted by Crippen LogP contribution is -1.99. The molecule has 3 heteroatoms. The molecule has 105 valence electrons. The quantitative estimate of drug-likeness (QED) is 0.841. The maximum Gasteiger partial charge on any atom is 0.233 e. The maximum absolute atomic E-state index is 10.4. The second-order valence-electron chi connectivity index (χ2n) is 4.58. The van der Waals surface area contributed by atoms with Crippen molar-refractivity contribution in [3.05, 3.63) is 70.8 Å². The van der Waals surface area contributed by atoms with Gasteiger partial charge in [0, 0.05) is 29.7 Å². The molecule has 1 atom stereocenters. The molecule has 0 spiro atoms. The summed E-state index contributed by atoms with van der Waals surface area (Å²) < 4.78 is 0. The molecule has 2 N–H and O–H groups in total. The number of aliphatic hydroxyl groups is 2. The molecule has 2 aromatic carbocycles. The van der Waals surface area contributed by atoms with E-state index in [1.807, 2.05) is 18.4 Å². The van der Waals surface area contributed by atoms with Crippen molar-refractivity contribution in [2.75, 3.05) is 6.61 Å². The van der Waals surface area contributed by atoms with E-state index < -0.39 is 6.10 Å². The zero-order valence-corrected chi connectivity index (χ0v) is 11.4. The molecule has 0 saturated carbocycles. The van der Waals surface area contributed by atoms with Crippen molar-refractivity contribution in [3.63, 3.8) is 0 Å². The van der Waals surface area contributed by atoms with Crippen molar-refractivity contribution in [3.8, 4) is 11.8 Å². The molecular weight excluding hydrogens is 264 g/mol. The molecular formula is C18H15O3. The minimum Gasteiger partial charge on any atom is -0.396 e.